The number of nitrogens with one attached hydrogen (secondary N) is 1. The topological polar surface area (TPSA) is 65.7 Å². The molecule has 0 radical (unpaired) electrons. The van der Waals surface area contributed by atoms with Crippen molar-refractivity contribution in [3.8, 4) is 5.75 Å². The zero-order chi connectivity index (χ0) is 17.3. The van der Waals surface area contributed by atoms with Gasteiger partial charge in [-0.3, -0.25) is 0 Å². The molecule has 0 aromatic heterocycles. The zero-order valence-corrected chi connectivity index (χ0v) is 14.9. The summed E-state index contributed by atoms with van der Waals surface area (Å²) in [5.74, 6) is 0.663. The third-order valence-corrected chi connectivity index (χ3v) is 4.55. The highest BCUT2D eigenvalue weighted by atomic mass is 16.7. The number of hydrogen-bond donors (Lipinski definition) is 2. The van der Waals surface area contributed by atoms with Crippen LogP contribution in [-0.2, 0) is 9.31 Å². The second-order valence-electron chi connectivity index (χ2n) is 6.84. The third kappa shape index (κ3) is 3.71. The van der Waals surface area contributed by atoms with Crippen LogP contribution >= 0.6 is 0 Å². The summed E-state index contributed by atoms with van der Waals surface area (Å²) < 4.78 is 17.6. The molecule has 1 fully saturated rings. The van der Waals surface area contributed by atoms with Crippen LogP contribution in [0.5, 0.6) is 5.75 Å². The van der Waals surface area contributed by atoms with Gasteiger partial charge in [-0.2, -0.15) is 0 Å². The van der Waals surface area contributed by atoms with E-state index >= 15 is 0 Å². The van der Waals surface area contributed by atoms with Crippen molar-refractivity contribution in [3.63, 3.8) is 0 Å². The second-order valence-corrected chi connectivity index (χ2v) is 6.84. The smallest absolute Gasteiger partial charge is 0.491 e. The van der Waals surface area contributed by atoms with Crippen LogP contribution in [0.15, 0.2) is 23.7 Å². The van der Waals surface area contributed by atoms with Crippen molar-refractivity contribution in [2.45, 2.75) is 38.9 Å². The van der Waals surface area contributed by atoms with Gasteiger partial charge in [0.25, 0.3) is 0 Å². The van der Waals surface area contributed by atoms with Gasteiger partial charge in [0.1, 0.15) is 5.75 Å². The number of likely N-dealkylation sites (N-methyl/N-ethyl adjacent to an activating group) is 1. The minimum Gasteiger partial charge on any atom is -0.495 e. The molecule has 3 N–H and O–H groups in total. The van der Waals surface area contributed by atoms with Gasteiger partial charge in [0.2, 0.25) is 0 Å². The first kappa shape index (κ1) is 17.9. The summed E-state index contributed by atoms with van der Waals surface area (Å²) in [7, 11) is 3.14. The van der Waals surface area contributed by atoms with Crippen molar-refractivity contribution in [2.75, 3.05) is 26.4 Å². The third-order valence-electron chi connectivity index (χ3n) is 4.55. The molecule has 0 amide bonds. The molecule has 0 aliphatic carbocycles. The Kier molecular flexibility index (Phi) is 5.09. The van der Waals surface area contributed by atoms with Crippen molar-refractivity contribution in [3.05, 3.63) is 29.2 Å². The Morgan fingerprint density at radius 1 is 1.26 bits per heavy atom. The number of benzene rings is 1. The Bertz CT molecular complexity index is 584. The van der Waals surface area contributed by atoms with Crippen molar-refractivity contribution >= 4 is 18.9 Å². The largest absolute Gasteiger partial charge is 0.495 e. The van der Waals surface area contributed by atoms with E-state index in [1.54, 1.807) is 7.11 Å². The van der Waals surface area contributed by atoms with Gasteiger partial charge in [0, 0.05) is 6.54 Å². The van der Waals surface area contributed by atoms with E-state index in [9.17, 15) is 0 Å². The van der Waals surface area contributed by atoms with Crippen molar-refractivity contribution in [2.24, 2.45) is 0 Å². The molecule has 5 nitrogen and oxygen atoms in total. The van der Waals surface area contributed by atoms with E-state index in [0.29, 0.717) is 18.0 Å². The van der Waals surface area contributed by atoms with Crippen molar-refractivity contribution < 1.29 is 14.0 Å². The molecule has 126 valence electrons. The van der Waals surface area contributed by atoms with Crippen LogP contribution in [0, 0.1) is 0 Å². The Hall–Kier alpha value is -1.50. The summed E-state index contributed by atoms with van der Waals surface area (Å²) in [5.41, 5.74) is 7.80. The molecule has 1 heterocycles. The predicted octanol–water partition coefficient (Wildman–Crippen LogP) is 2.51. The fourth-order valence-corrected chi connectivity index (χ4v) is 2.43. The highest BCUT2D eigenvalue weighted by Gasteiger charge is 2.52. The van der Waals surface area contributed by atoms with Gasteiger partial charge in [0.05, 0.1) is 24.0 Å². The molecule has 0 atom stereocenters. The molecule has 1 saturated heterocycles. The SMILES string of the molecule is CNCC(=Cc1ccc(N)c(OC)c1)B1OC(C)(C)C(C)(C)O1. The summed E-state index contributed by atoms with van der Waals surface area (Å²) in [6.45, 7) is 8.88. The lowest BCUT2D eigenvalue weighted by atomic mass is 9.77. The van der Waals surface area contributed by atoms with Crippen molar-refractivity contribution in [1.29, 1.82) is 0 Å². The van der Waals surface area contributed by atoms with E-state index in [2.05, 4.69) is 39.1 Å². The normalized spacial score (nSPS) is 19.9. The van der Waals surface area contributed by atoms with Gasteiger partial charge in [-0.1, -0.05) is 12.1 Å². The lowest BCUT2D eigenvalue weighted by molar-refractivity contribution is 0.00578. The van der Waals surface area contributed by atoms with Gasteiger partial charge in [-0.25, -0.2) is 0 Å². The Morgan fingerprint density at radius 3 is 2.39 bits per heavy atom. The number of rotatable bonds is 5. The van der Waals surface area contributed by atoms with E-state index in [1.165, 1.54) is 0 Å². The summed E-state index contributed by atoms with van der Waals surface area (Å²) in [6.07, 6.45) is 2.06. The molecule has 6 heteroatoms. The van der Waals surface area contributed by atoms with Crippen molar-refractivity contribution in [1.82, 2.24) is 5.32 Å². The van der Waals surface area contributed by atoms with Gasteiger partial charge >= 0.3 is 7.12 Å². The molecule has 1 aromatic carbocycles. The van der Waals surface area contributed by atoms with Crippen LogP contribution in [0.2, 0.25) is 0 Å². The quantitative estimate of drug-likeness (QED) is 0.645. The standard InChI is InChI=1S/C17H27BN2O3/c1-16(2)17(3,4)23-18(22-16)13(11-20-5)9-12-7-8-14(19)15(10-12)21-6/h7-10,20H,11,19H2,1-6H3. The highest BCUT2D eigenvalue weighted by Crippen LogP contribution is 2.38. The van der Waals surface area contributed by atoms with Gasteiger partial charge < -0.3 is 25.1 Å². The molecular weight excluding hydrogens is 291 g/mol. The second kappa shape index (κ2) is 6.55. The van der Waals surface area contributed by atoms with Crippen LogP contribution in [-0.4, -0.2) is 39.0 Å². The molecular formula is C17H27BN2O3. The first-order valence-corrected chi connectivity index (χ1v) is 7.84. The maximum Gasteiger partial charge on any atom is 0.491 e. The number of hydrogen-bond acceptors (Lipinski definition) is 5. The molecule has 0 bridgehead atoms. The monoisotopic (exact) mass is 318 g/mol. The molecule has 0 unspecified atom stereocenters. The van der Waals surface area contributed by atoms with Gasteiger partial charge in [-0.15, -0.1) is 0 Å². The first-order chi connectivity index (χ1) is 10.7. The summed E-state index contributed by atoms with van der Waals surface area (Å²) in [4.78, 5) is 0. The molecule has 1 aliphatic rings. The average Bonchev–Trinajstić information content (AvgIpc) is 2.69. The fourth-order valence-electron chi connectivity index (χ4n) is 2.43. The van der Waals surface area contributed by atoms with E-state index in [1.807, 2.05) is 25.2 Å². The molecule has 23 heavy (non-hydrogen) atoms. The Morgan fingerprint density at radius 2 is 1.87 bits per heavy atom. The van der Waals surface area contributed by atoms with Crippen LogP contribution in [0.1, 0.15) is 33.3 Å². The van der Waals surface area contributed by atoms with Gasteiger partial charge in [0.15, 0.2) is 0 Å². The maximum absolute atomic E-state index is 6.14. The number of anilines is 1. The minimum atomic E-state index is -0.379. The van der Waals surface area contributed by atoms with E-state index in [0.717, 1.165) is 11.0 Å². The first-order valence-electron chi connectivity index (χ1n) is 7.84. The van der Waals surface area contributed by atoms with E-state index in [4.69, 9.17) is 19.8 Å². The number of ether oxygens (including phenoxy) is 1. The summed E-state index contributed by atoms with van der Waals surface area (Å²) >= 11 is 0. The van der Waals surface area contributed by atoms with Crippen LogP contribution in [0.25, 0.3) is 6.08 Å². The molecule has 2 rings (SSSR count). The molecule has 0 spiro atoms. The Balaban J connectivity index is 2.32. The van der Waals surface area contributed by atoms with E-state index < -0.39 is 0 Å². The zero-order valence-electron chi connectivity index (χ0n) is 14.9. The van der Waals surface area contributed by atoms with Crippen LogP contribution in [0.3, 0.4) is 0 Å². The molecule has 1 aromatic rings. The number of nitrogen functional groups attached to an aromatic ring is 1. The lowest BCUT2D eigenvalue weighted by Crippen LogP contribution is -2.41. The predicted molar refractivity (Wildman–Crippen MR) is 95.4 cm³/mol. The Labute approximate surface area is 139 Å². The van der Waals surface area contributed by atoms with Crippen LogP contribution < -0.4 is 15.8 Å². The summed E-state index contributed by atoms with van der Waals surface area (Å²) in [5, 5.41) is 3.18. The van der Waals surface area contributed by atoms with Gasteiger partial charge in [-0.05, 0) is 57.9 Å². The minimum absolute atomic E-state index is 0.358. The highest BCUT2D eigenvalue weighted by molar-refractivity contribution is 6.55. The summed E-state index contributed by atoms with van der Waals surface area (Å²) in [6, 6.07) is 5.71. The van der Waals surface area contributed by atoms with E-state index in [-0.39, 0.29) is 18.3 Å². The fraction of sp³-hybridized carbons (Fsp3) is 0.529. The number of nitrogens with two attached hydrogens (primary N) is 1. The molecule has 0 saturated carbocycles. The average molecular weight is 318 g/mol. The lowest BCUT2D eigenvalue weighted by Gasteiger charge is -2.32. The molecule has 1 aliphatic heterocycles. The number of methoxy groups -OCH3 is 1. The maximum atomic E-state index is 6.14. The van der Waals surface area contributed by atoms with Crippen LogP contribution in [0.4, 0.5) is 5.69 Å².